The Labute approximate surface area is 186 Å². The number of nitrogens with two attached hydrogens (primary N) is 2. The number of nitrogens with one attached hydrogen (secondary N) is 2. The molecule has 8 nitrogen and oxygen atoms in total. The average Bonchev–Trinajstić information content (AvgIpc) is 2.61. The Kier molecular flexibility index (Phi) is 11.0. The molecule has 0 aromatic heterocycles. The van der Waals surface area contributed by atoms with Gasteiger partial charge in [-0.3, -0.25) is 0 Å². The van der Waals surface area contributed by atoms with Crippen molar-refractivity contribution >= 4 is 34.7 Å². The molecule has 164 valence electrons. The Morgan fingerprint density at radius 3 is 1.38 bits per heavy atom. The molecule has 0 rings (SSSR count). The number of nitriles is 2. The van der Waals surface area contributed by atoms with Crippen molar-refractivity contribution in [2.45, 2.75) is 79.6 Å². The van der Waals surface area contributed by atoms with Gasteiger partial charge in [0.25, 0.3) is 0 Å². The SMILES string of the molecule is CCC(C)(C)CC(NC#N)N(CN(C(N)=S)C(CC(C)(C)CC)NC#N)C(N)=S. The highest BCUT2D eigenvalue weighted by Gasteiger charge is 2.32. The van der Waals surface area contributed by atoms with Crippen LogP contribution in [0.1, 0.15) is 67.2 Å². The molecule has 2 unspecified atom stereocenters. The largest absolute Gasteiger partial charge is 0.376 e. The zero-order valence-corrected chi connectivity index (χ0v) is 20.1. The molecule has 0 heterocycles. The standard InChI is InChI=1S/C19H36N8S2/c1-7-18(3,4)9-14(24-11-20)26(16(22)28)13-27(17(23)29)15(25-12-21)10-19(5,6)8-2/h14-15,24-25H,7-10,13H2,1-6H3,(H2,22,28)(H2,23,29). The van der Waals surface area contributed by atoms with E-state index in [-0.39, 0.29) is 27.7 Å². The van der Waals surface area contributed by atoms with Crippen LogP contribution in [0.25, 0.3) is 0 Å². The zero-order chi connectivity index (χ0) is 22.8. The normalized spacial score (nSPS) is 13.4. The van der Waals surface area contributed by atoms with E-state index >= 15 is 0 Å². The average molecular weight is 441 g/mol. The first-order chi connectivity index (χ1) is 13.3. The second kappa shape index (κ2) is 11.8. The van der Waals surface area contributed by atoms with Gasteiger partial charge in [-0.15, -0.1) is 0 Å². The van der Waals surface area contributed by atoms with Crippen molar-refractivity contribution in [1.29, 1.82) is 10.5 Å². The minimum absolute atomic E-state index is 0.0416. The first kappa shape index (κ1) is 27.0. The van der Waals surface area contributed by atoms with E-state index in [1.807, 2.05) is 12.4 Å². The van der Waals surface area contributed by atoms with Gasteiger partial charge in [0.05, 0.1) is 6.67 Å². The summed E-state index contributed by atoms with van der Waals surface area (Å²) in [4.78, 5) is 3.39. The summed E-state index contributed by atoms with van der Waals surface area (Å²) in [6, 6.07) is 0. The Hall–Kier alpha value is -2.04. The Morgan fingerprint density at radius 2 is 1.17 bits per heavy atom. The van der Waals surface area contributed by atoms with Gasteiger partial charge in [0.15, 0.2) is 22.6 Å². The molecule has 10 heteroatoms. The van der Waals surface area contributed by atoms with Crippen molar-refractivity contribution in [2.75, 3.05) is 6.67 Å². The molecule has 0 aromatic rings. The molecule has 29 heavy (non-hydrogen) atoms. The lowest BCUT2D eigenvalue weighted by Gasteiger charge is -2.42. The van der Waals surface area contributed by atoms with E-state index in [1.165, 1.54) is 0 Å². The molecule has 0 fully saturated rings. The van der Waals surface area contributed by atoms with Crippen molar-refractivity contribution in [2.24, 2.45) is 22.3 Å². The van der Waals surface area contributed by atoms with Crippen molar-refractivity contribution < 1.29 is 0 Å². The first-order valence-corrected chi connectivity index (χ1v) is 10.6. The Balaban J connectivity index is 5.88. The van der Waals surface area contributed by atoms with E-state index in [4.69, 9.17) is 35.9 Å². The van der Waals surface area contributed by atoms with E-state index in [9.17, 15) is 10.5 Å². The Bertz CT molecular complexity index is 581. The van der Waals surface area contributed by atoms with E-state index in [0.29, 0.717) is 12.8 Å². The summed E-state index contributed by atoms with van der Waals surface area (Å²) >= 11 is 10.6. The third kappa shape index (κ3) is 9.33. The second-order valence-corrected chi connectivity index (χ2v) is 9.58. The van der Waals surface area contributed by atoms with Crippen LogP contribution in [-0.2, 0) is 0 Å². The fourth-order valence-electron chi connectivity index (χ4n) is 2.77. The zero-order valence-electron chi connectivity index (χ0n) is 18.5. The lowest BCUT2D eigenvalue weighted by Crippen LogP contribution is -2.60. The number of nitrogens with zero attached hydrogens (tertiary/aromatic N) is 4. The summed E-state index contributed by atoms with van der Waals surface area (Å²) in [6.45, 7) is 12.8. The second-order valence-electron chi connectivity index (χ2n) is 8.75. The molecule has 2 atom stereocenters. The molecule has 0 saturated carbocycles. The third-order valence-corrected chi connectivity index (χ3v) is 5.96. The summed E-state index contributed by atoms with van der Waals surface area (Å²) in [5, 5.41) is 24.4. The van der Waals surface area contributed by atoms with Crippen molar-refractivity contribution in [3.63, 3.8) is 0 Å². The highest BCUT2D eigenvalue weighted by atomic mass is 32.1. The predicted octanol–water partition coefficient (Wildman–Crippen LogP) is 2.48. The molecule has 0 saturated heterocycles. The lowest BCUT2D eigenvalue weighted by atomic mass is 9.84. The molecule has 0 aromatic carbocycles. The highest BCUT2D eigenvalue weighted by Crippen LogP contribution is 2.29. The molecule has 0 aliphatic carbocycles. The van der Waals surface area contributed by atoms with Gasteiger partial charge in [0, 0.05) is 0 Å². The van der Waals surface area contributed by atoms with Gasteiger partial charge in [-0.05, 0) is 48.1 Å². The van der Waals surface area contributed by atoms with Crippen LogP contribution in [0, 0.1) is 33.7 Å². The number of rotatable bonds is 12. The van der Waals surface area contributed by atoms with Crippen LogP contribution in [-0.4, -0.2) is 39.0 Å². The maximum Gasteiger partial charge on any atom is 0.178 e. The summed E-state index contributed by atoms with van der Waals surface area (Å²) < 4.78 is 0. The Morgan fingerprint density at radius 1 is 0.862 bits per heavy atom. The predicted molar refractivity (Wildman–Crippen MR) is 125 cm³/mol. The van der Waals surface area contributed by atoms with Crippen LogP contribution in [0.3, 0.4) is 0 Å². The molecular formula is C19H36N8S2. The van der Waals surface area contributed by atoms with Crippen LogP contribution in [0.2, 0.25) is 0 Å². The maximum atomic E-state index is 9.27. The molecule has 0 spiro atoms. The molecule has 0 amide bonds. The van der Waals surface area contributed by atoms with Gasteiger partial charge in [0.2, 0.25) is 0 Å². The van der Waals surface area contributed by atoms with Crippen LogP contribution in [0.4, 0.5) is 0 Å². The monoisotopic (exact) mass is 440 g/mol. The van der Waals surface area contributed by atoms with Crippen LogP contribution < -0.4 is 22.1 Å². The van der Waals surface area contributed by atoms with Gasteiger partial charge in [-0.2, -0.15) is 10.5 Å². The molecule has 6 N–H and O–H groups in total. The highest BCUT2D eigenvalue weighted by molar-refractivity contribution is 7.80. The van der Waals surface area contributed by atoms with Crippen molar-refractivity contribution in [1.82, 2.24) is 20.4 Å². The quantitative estimate of drug-likeness (QED) is 0.155. The van der Waals surface area contributed by atoms with Crippen molar-refractivity contribution in [3.05, 3.63) is 0 Å². The minimum atomic E-state index is -0.425. The topological polar surface area (TPSA) is 130 Å². The third-order valence-electron chi connectivity index (χ3n) is 5.49. The molecule has 0 aliphatic heterocycles. The van der Waals surface area contributed by atoms with Crippen molar-refractivity contribution in [3.8, 4) is 12.4 Å². The van der Waals surface area contributed by atoms with Gasteiger partial charge >= 0.3 is 0 Å². The van der Waals surface area contributed by atoms with Gasteiger partial charge < -0.3 is 31.9 Å². The van der Waals surface area contributed by atoms with Crippen LogP contribution >= 0.6 is 24.4 Å². The van der Waals surface area contributed by atoms with Gasteiger partial charge in [-0.25, -0.2) is 0 Å². The minimum Gasteiger partial charge on any atom is -0.376 e. The van der Waals surface area contributed by atoms with E-state index in [0.717, 1.165) is 12.8 Å². The van der Waals surface area contributed by atoms with E-state index < -0.39 is 12.3 Å². The number of hydrogen-bond donors (Lipinski definition) is 4. The van der Waals surface area contributed by atoms with E-state index in [1.54, 1.807) is 9.80 Å². The number of thiocarbonyl (C=S) groups is 2. The van der Waals surface area contributed by atoms with Crippen LogP contribution in [0.5, 0.6) is 0 Å². The molecular weight excluding hydrogens is 404 g/mol. The fraction of sp³-hybridized carbons (Fsp3) is 0.789. The van der Waals surface area contributed by atoms with Crippen LogP contribution in [0.15, 0.2) is 0 Å². The lowest BCUT2D eigenvalue weighted by molar-refractivity contribution is 0.109. The smallest absolute Gasteiger partial charge is 0.178 e. The maximum absolute atomic E-state index is 9.27. The van der Waals surface area contributed by atoms with Gasteiger partial charge in [-0.1, -0.05) is 54.4 Å². The van der Waals surface area contributed by atoms with E-state index in [2.05, 4.69) is 52.2 Å². The molecule has 0 aliphatic rings. The summed E-state index contributed by atoms with van der Waals surface area (Å²) in [5.74, 6) is 0. The molecule has 0 bridgehead atoms. The van der Waals surface area contributed by atoms with Gasteiger partial charge in [0.1, 0.15) is 12.3 Å². The fourth-order valence-corrected chi connectivity index (χ4v) is 3.14. The summed E-state index contributed by atoms with van der Waals surface area (Å²) in [5.41, 5.74) is 11.9. The first-order valence-electron chi connectivity index (χ1n) is 9.75. The molecule has 0 radical (unpaired) electrons. The number of hydrogen-bond acceptors (Lipinski definition) is 6. The summed E-state index contributed by atoms with van der Waals surface area (Å²) in [6.07, 6.45) is 6.26. The summed E-state index contributed by atoms with van der Waals surface area (Å²) in [7, 11) is 0.